The van der Waals surface area contributed by atoms with Crippen molar-refractivity contribution in [2.24, 2.45) is 5.73 Å². The first-order chi connectivity index (χ1) is 6.25. The molecule has 1 aliphatic rings. The Morgan fingerprint density at radius 2 is 2.46 bits per heavy atom. The molecule has 0 bridgehead atoms. The summed E-state index contributed by atoms with van der Waals surface area (Å²) in [5.41, 5.74) is 5.84. The van der Waals surface area contributed by atoms with Gasteiger partial charge in [-0.25, -0.2) is 0 Å². The number of hydrogen-bond donors (Lipinski definition) is 1. The SMILES string of the molecule is COCCS(=O)C1COCCC1N. The van der Waals surface area contributed by atoms with Crippen molar-refractivity contribution in [3.63, 3.8) is 0 Å². The maximum atomic E-state index is 11.6. The average Bonchev–Trinajstić information content (AvgIpc) is 2.15. The summed E-state index contributed by atoms with van der Waals surface area (Å²) in [5.74, 6) is 0.554. The molecule has 3 unspecified atom stereocenters. The van der Waals surface area contributed by atoms with Crippen molar-refractivity contribution in [3.8, 4) is 0 Å². The molecule has 78 valence electrons. The Morgan fingerprint density at radius 3 is 3.08 bits per heavy atom. The van der Waals surface area contributed by atoms with Crippen LogP contribution in [0.5, 0.6) is 0 Å². The maximum absolute atomic E-state index is 11.6. The van der Waals surface area contributed by atoms with Crippen molar-refractivity contribution in [1.82, 2.24) is 0 Å². The lowest BCUT2D eigenvalue weighted by Crippen LogP contribution is -2.46. The first kappa shape index (κ1) is 11.1. The molecule has 0 aromatic heterocycles. The molecule has 0 spiro atoms. The van der Waals surface area contributed by atoms with Crippen LogP contribution in [0.25, 0.3) is 0 Å². The Kier molecular flexibility index (Phi) is 4.87. The molecule has 0 radical (unpaired) electrons. The third-order valence-corrected chi connectivity index (χ3v) is 3.91. The maximum Gasteiger partial charge on any atom is 0.0734 e. The van der Waals surface area contributed by atoms with Gasteiger partial charge in [-0.3, -0.25) is 4.21 Å². The smallest absolute Gasteiger partial charge is 0.0734 e. The fraction of sp³-hybridized carbons (Fsp3) is 1.00. The van der Waals surface area contributed by atoms with E-state index in [4.69, 9.17) is 15.2 Å². The molecule has 1 fully saturated rings. The summed E-state index contributed by atoms with van der Waals surface area (Å²) in [4.78, 5) is 0. The van der Waals surface area contributed by atoms with Gasteiger partial charge in [0.05, 0.1) is 18.5 Å². The van der Waals surface area contributed by atoms with Crippen LogP contribution in [0.4, 0.5) is 0 Å². The zero-order valence-electron chi connectivity index (χ0n) is 7.90. The summed E-state index contributed by atoms with van der Waals surface area (Å²) in [6.45, 7) is 1.74. The lowest BCUT2D eigenvalue weighted by Gasteiger charge is -2.27. The summed E-state index contributed by atoms with van der Waals surface area (Å²) in [6.07, 6.45) is 0.809. The molecule has 1 saturated heterocycles. The van der Waals surface area contributed by atoms with E-state index in [1.807, 2.05) is 0 Å². The predicted molar refractivity (Wildman–Crippen MR) is 52.1 cm³/mol. The Labute approximate surface area is 81.2 Å². The van der Waals surface area contributed by atoms with Crippen LogP contribution in [0.2, 0.25) is 0 Å². The third kappa shape index (κ3) is 3.34. The molecule has 2 N–H and O–H groups in total. The summed E-state index contributed by atoms with van der Waals surface area (Å²) < 4.78 is 21.7. The van der Waals surface area contributed by atoms with Gasteiger partial charge in [-0.05, 0) is 6.42 Å². The fourth-order valence-corrected chi connectivity index (χ4v) is 2.72. The first-order valence-corrected chi connectivity index (χ1v) is 5.83. The summed E-state index contributed by atoms with van der Waals surface area (Å²) in [6, 6.07) is 0.0199. The van der Waals surface area contributed by atoms with Gasteiger partial charge in [0.2, 0.25) is 0 Å². The van der Waals surface area contributed by atoms with Gasteiger partial charge in [0.25, 0.3) is 0 Å². The van der Waals surface area contributed by atoms with Gasteiger partial charge in [-0.2, -0.15) is 0 Å². The van der Waals surface area contributed by atoms with Crippen LogP contribution in [-0.4, -0.2) is 48.2 Å². The predicted octanol–water partition coefficient (Wildman–Crippen LogP) is -0.502. The van der Waals surface area contributed by atoms with Gasteiger partial charge < -0.3 is 15.2 Å². The van der Waals surface area contributed by atoms with Crippen LogP contribution in [0.15, 0.2) is 0 Å². The third-order valence-electron chi connectivity index (χ3n) is 2.18. The van der Waals surface area contributed by atoms with E-state index >= 15 is 0 Å². The molecule has 3 atom stereocenters. The number of ether oxygens (including phenoxy) is 2. The highest BCUT2D eigenvalue weighted by molar-refractivity contribution is 7.85. The molecule has 0 amide bonds. The highest BCUT2D eigenvalue weighted by Gasteiger charge is 2.27. The fourth-order valence-electron chi connectivity index (χ4n) is 1.32. The molecule has 0 aromatic carbocycles. The van der Waals surface area contributed by atoms with Crippen molar-refractivity contribution in [2.75, 3.05) is 32.7 Å². The van der Waals surface area contributed by atoms with Gasteiger partial charge in [0, 0.05) is 36.3 Å². The molecular weight excluding hydrogens is 190 g/mol. The van der Waals surface area contributed by atoms with Crippen LogP contribution in [0.3, 0.4) is 0 Å². The van der Waals surface area contributed by atoms with Crippen LogP contribution in [-0.2, 0) is 20.3 Å². The first-order valence-electron chi connectivity index (χ1n) is 4.45. The molecule has 1 heterocycles. The number of nitrogens with two attached hydrogens (primary N) is 1. The van der Waals surface area contributed by atoms with E-state index in [2.05, 4.69) is 0 Å². The zero-order chi connectivity index (χ0) is 9.68. The van der Waals surface area contributed by atoms with Crippen molar-refractivity contribution >= 4 is 10.8 Å². The van der Waals surface area contributed by atoms with E-state index < -0.39 is 10.8 Å². The van der Waals surface area contributed by atoms with Gasteiger partial charge in [0.15, 0.2) is 0 Å². The second kappa shape index (κ2) is 5.70. The van der Waals surface area contributed by atoms with E-state index in [-0.39, 0.29) is 11.3 Å². The minimum Gasteiger partial charge on any atom is -0.384 e. The number of rotatable bonds is 4. The highest BCUT2D eigenvalue weighted by atomic mass is 32.2. The van der Waals surface area contributed by atoms with Crippen LogP contribution in [0.1, 0.15) is 6.42 Å². The normalized spacial score (nSPS) is 31.5. The van der Waals surface area contributed by atoms with Crippen molar-refractivity contribution < 1.29 is 13.7 Å². The molecule has 1 aliphatic heterocycles. The summed E-state index contributed by atoms with van der Waals surface area (Å²) in [7, 11) is 0.694. The highest BCUT2D eigenvalue weighted by Crippen LogP contribution is 2.11. The van der Waals surface area contributed by atoms with Crippen LogP contribution < -0.4 is 5.73 Å². The Morgan fingerprint density at radius 1 is 1.69 bits per heavy atom. The molecule has 5 heteroatoms. The largest absolute Gasteiger partial charge is 0.384 e. The number of methoxy groups -OCH3 is 1. The molecule has 13 heavy (non-hydrogen) atoms. The Bertz CT molecular complexity index is 177. The lowest BCUT2D eigenvalue weighted by molar-refractivity contribution is 0.0902. The molecule has 0 saturated carbocycles. The second-order valence-corrected chi connectivity index (χ2v) is 4.92. The van der Waals surface area contributed by atoms with Gasteiger partial charge in [-0.1, -0.05) is 0 Å². The van der Waals surface area contributed by atoms with E-state index in [9.17, 15) is 4.21 Å². The van der Waals surface area contributed by atoms with Gasteiger partial charge in [0.1, 0.15) is 0 Å². The van der Waals surface area contributed by atoms with Crippen molar-refractivity contribution in [2.45, 2.75) is 17.7 Å². The van der Waals surface area contributed by atoms with Crippen molar-refractivity contribution in [3.05, 3.63) is 0 Å². The van der Waals surface area contributed by atoms with E-state index in [0.717, 1.165) is 6.42 Å². The monoisotopic (exact) mass is 207 g/mol. The second-order valence-electron chi connectivity index (χ2n) is 3.14. The standard InChI is InChI=1S/C8H17NO3S/c1-11-4-5-13(10)8-6-12-3-2-7(8)9/h7-8H,2-6,9H2,1H3. The topological polar surface area (TPSA) is 61.5 Å². The van der Waals surface area contributed by atoms with Crippen LogP contribution in [0, 0.1) is 0 Å². The summed E-state index contributed by atoms with van der Waals surface area (Å²) >= 11 is 0. The van der Waals surface area contributed by atoms with E-state index in [0.29, 0.717) is 25.6 Å². The van der Waals surface area contributed by atoms with Gasteiger partial charge in [-0.15, -0.1) is 0 Å². The minimum atomic E-state index is -0.911. The summed E-state index contributed by atoms with van der Waals surface area (Å²) in [5, 5.41) is -0.0103. The molecular formula is C8H17NO3S. The molecule has 0 aromatic rings. The van der Waals surface area contributed by atoms with Gasteiger partial charge >= 0.3 is 0 Å². The Hall–Kier alpha value is 0.0300. The average molecular weight is 207 g/mol. The lowest BCUT2D eigenvalue weighted by atomic mass is 10.1. The number of hydrogen-bond acceptors (Lipinski definition) is 4. The minimum absolute atomic E-state index is 0.0103. The van der Waals surface area contributed by atoms with E-state index in [1.54, 1.807) is 7.11 Å². The quantitative estimate of drug-likeness (QED) is 0.675. The zero-order valence-corrected chi connectivity index (χ0v) is 8.72. The molecule has 1 rings (SSSR count). The Balaban J connectivity index is 2.35. The van der Waals surface area contributed by atoms with E-state index in [1.165, 1.54) is 0 Å². The van der Waals surface area contributed by atoms with Crippen molar-refractivity contribution in [1.29, 1.82) is 0 Å². The molecule has 0 aliphatic carbocycles. The van der Waals surface area contributed by atoms with Crippen LogP contribution >= 0.6 is 0 Å². The molecule has 4 nitrogen and oxygen atoms in total.